The fourth-order valence-corrected chi connectivity index (χ4v) is 1.31. The first kappa shape index (κ1) is 10.4. The lowest BCUT2D eigenvalue weighted by Crippen LogP contribution is -2.11. The maximum atomic E-state index is 10.9. The van der Waals surface area contributed by atoms with Gasteiger partial charge in [-0.05, 0) is 13.8 Å². The van der Waals surface area contributed by atoms with Gasteiger partial charge in [0.2, 0.25) is 5.65 Å². The molecule has 6 heteroatoms. The highest BCUT2D eigenvalue weighted by atomic mass is 16.5. The number of fused-ring (bicyclic) bond motifs is 1. The first-order valence-electron chi connectivity index (χ1n) is 4.81. The fourth-order valence-electron chi connectivity index (χ4n) is 1.31. The second-order valence-corrected chi connectivity index (χ2v) is 3.56. The Bertz CT molecular complexity index is 533. The zero-order valence-electron chi connectivity index (χ0n) is 8.91. The number of rotatable bonds is 3. The molecule has 0 aliphatic rings. The SMILES string of the molecule is CC(C)Oc1nc(C(=O)O)cn2ccnc12. The van der Waals surface area contributed by atoms with Crippen molar-refractivity contribution in [1.29, 1.82) is 0 Å². The summed E-state index contributed by atoms with van der Waals surface area (Å²) < 4.78 is 7.00. The van der Waals surface area contributed by atoms with E-state index in [1.807, 2.05) is 13.8 Å². The largest absolute Gasteiger partial charge is 0.476 e. The Balaban J connectivity index is 2.59. The van der Waals surface area contributed by atoms with Crippen LogP contribution in [0.3, 0.4) is 0 Å². The number of nitrogens with zero attached hydrogens (tertiary/aromatic N) is 3. The number of hydrogen-bond donors (Lipinski definition) is 1. The number of aromatic nitrogens is 3. The fraction of sp³-hybridized carbons (Fsp3) is 0.300. The van der Waals surface area contributed by atoms with Crippen LogP contribution in [0.4, 0.5) is 0 Å². The van der Waals surface area contributed by atoms with E-state index in [4.69, 9.17) is 9.84 Å². The predicted molar refractivity (Wildman–Crippen MR) is 55.7 cm³/mol. The van der Waals surface area contributed by atoms with E-state index in [1.54, 1.807) is 16.8 Å². The van der Waals surface area contributed by atoms with E-state index in [-0.39, 0.29) is 17.7 Å². The van der Waals surface area contributed by atoms with Gasteiger partial charge in [0, 0.05) is 18.6 Å². The molecular weight excluding hydrogens is 210 g/mol. The quantitative estimate of drug-likeness (QED) is 0.843. The van der Waals surface area contributed by atoms with Crippen LogP contribution in [0.1, 0.15) is 24.3 Å². The van der Waals surface area contributed by atoms with Gasteiger partial charge in [0.05, 0.1) is 6.10 Å². The van der Waals surface area contributed by atoms with E-state index in [2.05, 4.69) is 9.97 Å². The highest BCUT2D eigenvalue weighted by Crippen LogP contribution is 2.17. The van der Waals surface area contributed by atoms with Gasteiger partial charge in [-0.15, -0.1) is 0 Å². The minimum absolute atomic E-state index is 0.0684. The van der Waals surface area contributed by atoms with Crippen LogP contribution in [-0.4, -0.2) is 31.5 Å². The van der Waals surface area contributed by atoms with Gasteiger partial charge in [-0.1, -0.05) is 0 Å². The normalized spacial score (nSPS) is 10.9. The Morgan fingerprint density at radius 3 is 2.94 bits per heavy atom. The average molecular weight is 221 g/mol. The lowest BCUT2D eigenvalue weighted by molar-refractivity contribution is 0.0688. The summed E-state index contributed by atoms with van der Waals surface area (Å²) in [4.78, 5) is 18.8. The van der Waals surface area contributed by atoms with Crippen LogP contribution in [0.5, 0.6) is 5.88 Å². The molecule has 0 radical (unpaired) electrons. The summed E-state index contributed by atoms with van der Waals surface area (Å²) in [6.45, 7) is 3.68. The number of carbonyl (C=O) groups is 1. The van der Waals surface area contributed by atoms with Crippen molar-refractivity contribution in [3.8, 4) is 5.88 Å². The molecule has 2 aromatic rings. The molecule has 2 rings (SSSR count). The smallest absolute Gasteiger partial charge is 0.356 e. The first-order chi connectivity index (χ1) is 7.58. The van der Waals surface area contributed by atoms with E-state index in [0.717, 1.165) is 0 Å². The Labute approximate surface area is 91.5 Å². The number of ether oxygens (including phenoxy) is 1. The molecule has 0 amide bonds. The molecule has 0 aliphatic carbocycles. The van der Waals surface area contributed by atoms with Crippen molar-refractivity contribution in [2.45, 2.75) is 20.0 Å². The highest BCUT2D eigenvalue weighted by molar-refractivity contribution is 5.85. The third-order valence-corrected chi connectivity index (χ3v) is 1.91. The summed E-state index contributed by atoms with van der Waals surface area (Å²) in [5, 5.41) is 8.89. The molecule has 0 aliphatic heterocycles. The van der Waals surface area contributed by atoms with Crippen molar-refractivity contribution in [2.75, 3.05) is 0 Å². The van der Waals surface area contributed by atoms with Crippen molar-refractivity contribution < 1.29 is 14.6 Å². The predicted octanol–water partition coefficient (Wildman–Crippen LogP) is 1.21. The molecular formula is C10H11N3O3. The van der Waals surface area contributed by atoms with Crippen LogP contribution in [0, 0.1) is 0 Å². The van der Waals surface area contributed by atoms with Crippen LogP contribution >= 0.6 is 0 Å². The van der Waals surface area contributed by atoms with Crippen molar-refractivity contribution in [1.82, 2.24) is 14.4 Å². The van der Waals surface area contributed by atoms with Crippen LogP contribution in [0.15, 0.2) is 18.6 Å². The second kappa shape index (κ2) is 3.80. The van der Waals surface area contributed by atoms with Crippen molar-refractivity contribution in [3.05, 3.63) is 24.3 Å². The lowest BCUT2D eigenvalue weighted by Gasteiger charge is -2.09. The van der Waals surface area contributed by atoms with Gasteiger partial charge in [0.15, 0.2) is 5.69 Å². The molecule has 84 valence electrons. The third kappa shape index (κ3) is 1.81. The molecule has 2 heterocycles. The monoisotopic (exact) mass is 221 g/mol. The van der Waals surface area contributed by atoms with Crippen LogP contribution < -0.4 is 4.74 Å². The summed E-state index contributed by atoms with van der Waals surface area (Å²) >= 11 is 0. The minimum atomic E-state index is -1.09. The molecule has 0 aromatic carbocycles. The van der Waals surface area contributed by atoms with E-state index >= 15 is 0 Å². The highest BCUT2D eigenvalue weighted by Gasteiger charge is 2.13. The topological polar surface area (TPSA) is 76.7 Å². The Morgan fingerprint density at radius 1 is 1.56 bits per heavy atom. The van der Waals surface area contributed by atoms with Crippen molar-refractivity contribution >= 4 is 11.6 Å². The number of aromatic carboxylic acids is 1. The summed E-state index contributed by atoms with van der Waals surface area (Å²) in [5.74, 6) is -0.857. The molecule has 0 unspecified atom stereocenters. The summed E-state index contributed by atoms with van der Waals surface area (Å²) in [6, 6.07) is 0. The minimum Gasteiger partial charge on any atom is -0.476 e. The van der Waals surface area contributed by atoms with E-state index in [9.17, 15) is 4.79 Å². The van der Waals surface area contributed by atoms with Gasteiger partial charge in [0.1, 0.15) is 0 Å². The summed E-state index contributed by atoms with van der Waals surface area (Å²) in [6.07, 6.45) is 4.53. The first-order valence-corrected chi connectivity index (χ1v) is 4.81. The van der Waals surface area contributed by atoms with Crippen LogP contribution in [0.2, 0.25) is 0 Å². The summed E-state index contributed by atoms with van der Waals surface area (Å²) in [5.41, 5.74) is 0.444. The van der Waals surface area contributed by atoms with Crippen molar-refractivity contribution in [2.24, 2.45) is 0 Å². The molecule has 0 atom stereocenters. The maximum absolute atomic E-state index is 10.9. The number of carboxylic acid groups (broad SMARTS) is 1. The van der Waals surface area contributed by atoms with Crippen molar-refractivity contribution in [3.63, 3.8) is 0 Å². The number of imidazole rings is 1. The molecule has 0 bridgehead atoms. The molecule has 0 spiro atoms. The standard InChI is InChI=1S/C10H11N3O3/c1-6(2)16-9-8-11-3-4-13(8)5-7(12-9)10(14)15/h3-6H,1-2H3,(H,14,15). The van der Waals surface area contributed by atoms with E-state index < -0.39 is 5.97 Å². The van der Waals surface area contributed by atoms with Gasteiger partial charge < -0.3 is 14.2 Å². The van der Waals surface area contributed by atoms with Gasteiger partial charge in [0.25, 0.3) is 5.88 Å². The molecule has 0 saturated carbocycles. The van der Waals surface area contributed by atoms with Crippen LogP contribution in [-0.2, 0) is 0 Å². The molecule has 2 aromatic heterocycles. The molecule has 6 nitrogen and oxygen atoms in total. The van der Waals surface area contributed by atoms with E-state index in [1.165, 1.54) is 6.20 Å². The maximum Gasteiger partial charge on any atom is 0.356 e. The molecule has 16 heavy (non-hydrogen) atoms. The van der Waals surface area contributed by atoms with E-state index in [0.29, 0.717) is 5.65 Å². The lowest BCUT2D eigenvalue weighted by atomic mass is 10.4. The molecule has 0 saturated heterocycles. The Kier molecular flexibility index (Phi) is 2.47. The zero-order chi connectivity index (χ0) is 11.7. The Morgan fingerprint density at radius 2 is 2.31 bits per heavy atom. The van der Waals surface area contributed by atoms with Crippen LogP contribution in [0.25, 0.3) is 5.65 Å². The molecule has 0 fully saturated rings. The molecule has 1 N–H and O–H groups in total. The van der Waals surface area contributed by atoms with Gasteiger partial charge in [-0.2, -0.15) is 0 Å². The van der Waals surface area contributed by atoms with Gasteiger partial charge in [-0.25, -0.2) is 14.8 Å². The van der Waals surface area contributed by atoms with Gasteiger partial charge in [-0.3, -0.25) is 0 Å². The third-order valence-electron chi connectivity index (χ3n) is 1.91. The number of carboxylic acids is 1. The van der Waals surface area contributed by atoms with Gasteiger partial charge >= 0.3 is 5.97 Å². The average Bonchev–Trinajstić information content (AvgIpc) is 2.64. The summed E-state index contributed by atoms with van der Waals surface area (Å²) in [7, 11) is 0. The zero-order valence-corrected chi connectivity index (χ0v) is 8.91. The second-order valence-electron chi connectivity index (χ2n) is 3.56. The Hall–Kier alpha value is -2.11. The number of hydrogen-bond acceptors (Lipinski definition) is 4.